The molecule has 122 valence electrons. The van der Waals surface area contributed by atoms with Gasteiger partial charge in [-0.15, -0.1) is 0 Å². The zero-order valence-electron chi connectivity index (χ0n) is 13.0. The van der Waals surface area contributed by atoms with Crippen LogP contribution in [0.4, 0.5) is 10.5 Å². The summed E-state index contributed by atoms with van der Waals surface area (Å²) in [6.45, 7) is 3.23. The molecule has 0 saturated carbocycles. The monoisotopic (exact) mass is 335 g/mol. The van der Waals surface area contributed by atoms with E-state index in [0.29, 0.717) is 41.9 Å². The SMILES string of the molecule is CNC(C)Cc1noc(-c2ccc(Cl)c(N3CCNC3=O)c2)n1. The predicted molar refractivity (Wildman–Crippen MR) is 87.7 cm³/mol. The van der Waals surface area contributed by atoms with E-state index in [1.165, 1.54) is 0 Å². The van der Waals surface area contributed by atoms with Gasteiger partial charge in [-0.2, -0.15) is 4.98 Å². The maximum absolute atomic E-state index is 11.8. The highest BCUT2D eigenvalue weighted by Gasteiger charge is 2.24. The summed E-state index contributed by atoms with van der Waals surface area (Å²) in [4.78, 5) is 17.8. The standard InChI is InChI=1S/C15H18ClN5O2/c1-9(17-2)7-13-19-14(23-20-13)10-3-4-11(16)12(8-10)21-6-5-18-15(21)22/h3-4,8-9,17H,5-7H2,1-2H3,(H,18,22). The molecule has 3 rings (SSSR count). The fourth-order valence-corrected chi connectivity index (χ4v) is 2.60. The molecule has 1 fully saturated rings. The highest BCUT2D eigenvalue weighted by Crippen LogP contribution is 2.31. The molecular weight excluding hydrogens is 318 g/mol. The molecule has 1 saturated heterocycles. The zero-order chi connectivity index (χ0) is 16.4. The normalized spacial score (nSPS) is 15.8. The van der Waals surface area contributed by atoms with Crippen LogP contribution in [0, 0.1) is 0 Å². The van der Waals surface area contributed by atoms with Crippen LogP contribution in [-0.2, 0) is 6.42 Å². The van der Waals surface area contributed by atoms with Crippen molar-refractivity contribution < 1.29 is 9.32 Å². The van der Waals surface area contributed by atoms with Crippen molar-refractivity contribution in [2.45, 2.75) is 19.4 Å². The Labute approximate surface area is 139 Å². The van der Waals surface area contributed by atoms with Crippen molar-refractivity contribution in [1.29, 1.82) is 0 Å². The molecule has 1 aliphatic heterocycles. The van der Waals surface area contributed by atoms with Crippen LogP contribution in [0.5, 0.6) is 0 Å². The van der Waals surface area contributed by atoms with Gasteiger partial charge in [0.2, 0.25) is 0 Å². The second kappa shape index (κ2) is 6.55. The van der Waals surface area contributed by atoms with E-state index in [1.54, 1.807) is 23.1 Å². The third-order valence-electron chi connectivity index (χ3n) is 3.79. The highest BCUT2D eigenvalue weighted by atomic mass is 35.5. The van der Waals surface area contributed by atoms with Gasteiger partial charge in [-0.3, -0.25) is 4.90 Å². The van der Waals surface area contributed by atoms with E-state index in [-0.39, 0.29) is 12.1 Å². The summed E-state index contributed by atoms with van der Waals surface area (Å²) in [5, 5.41) is 10.4. The number of hydrogen-bond donors (Lipinski definition) is 2. The maximum atomic E-state index is 11.8. The quantitative estimate of drug-likeness (QED) is 0.874. The number of amides is 2. The Morgan fingerprint density at radius 3 is 3.04 bits per heavy atom. The van der Waals surface area contributed by atoms with Gasteiger partial charge in [0.05, 0.1) is 10.7 Å². The van der Waals surface area contributed by atoms with Gasteiger partial charge in [-0.25, -0.2) is 4.79 Å². The van der Waals surface area contributed by atoms with Crippen LogP contribution in [-0.4, -0.2) is 42.4 Å². The third kappa shape index (κ3) is 3.30. The van der Waals surface area contributed by atoms with Gasteiger partial charge in [0, 0.05) is 31.1 Å². The fraction of sp³-hybridized carbons (Fsp3) is 0.400. The van der Waals surface area contributed by atoms with Gasteiger partial charge >= 0.3 is 6.03 Å². The lowest BCUT2D eigenvalue weighted by Gasteiger charge is -2.16. The smallest absolute Gasteiger partial charge is 0.322 e. The van der Waals surface area contributed by atoms with E-state index in [0.717, 1.165) is 5.56 Å². The average Bonchev–Trinajstić information content (AvgIpc) is 3.17. The number of likely N-dealkylation sites (N-methyl/N-ethyl adjacent to an activating group) is 1. The molecule has 0 bridgehead atoms. The number of carbonyl (C=O) groups is 1. The molecule has 8 heteroatoms. The van der Waals surface area contributed by atoms with Crippen LogP contribution in [0.2, 0.25) is 5.02 Å². The molecule has 1 atom stereocenters. The molecule has 1 unspecified atom stereocenters. The van der Waals surface area contributed by atoms with Crippen molar-refractivity contribution in [3.63, 3.8) is 0 Å². The Hall–Kier alpha value is -2.12. The molecule has 1 aromatic carbocycles. The lowest BCUT2D eigenvalue weighted by atomic mass is 10.2. The topological polar surface area (TPSA) is 83.3 Å². The number of nitrogens with one attached hydrogen (secondary N) is 2. The molecule has 2 N–H and O–H groups in total. The first-order valence-electron chi connectivity index (χ1n) is 7.43. The lowest BCUT2D eigenvalue weighted by molar-refractivity contribution is 0.252. The third-order valence-corrected chi connectivity index (χ3v) is 4.11. The molecule has 2 aromatic rings. The van der Waals surface area contributed by atoms with Crippen LogP contribution < -0.4 is 15.5 Å². The van der Waals surface area contributed by atoms with Crippen molar-refractivity contribution in [1.82, 2.24) is 20.8 Å². The van der Waals surface area contributed by atoms with Gasteiger partial charge in [0.25, 0.3) is 5.89 Å². The van der Waals surface area contributed by atoms with Crippen LogP contribution in [0.3, 0.4) is 0 Å². The minimum atomic E-state index is -0.155. The number of halogens is 1. The number of aromatic nitrogens is 2. The summed E-state index contributed by atoms with van der Waals surface area (Å²) >= 11 is 6.23. The van der Waals surface area contributed by atoms with Crippen LogP contribution in [0.25, 0.3) is 11.5 Å². The first-order valence-corrected chi connectivity index (χ1v) is 7.81. The number of benzene rings is 1. The molecule has 2 heterocycles. The first-order chi connectivity index (χ1) is 11.1. The van der Waals surface area contributed by atoms with E-state index < -0.39 is 0 Å². The second-order valence-corrected chi connectivity index (χ2v) is 5.87. The minimum Gasteiger partial charge on any atom is -0.336 e. The largest absolute Gasteiger partial charge is 0.336 e. The average molecular weight is 336 g/mol. The number of rotatable bonds is 5. The number of carbonyl (C=O) groups excluding carboxylic acids is 1. The van der Waals surface area contributed by atoms with E-state index >= 15 is 0 Å². The van der Waals surface area contributed by atoms with Gasteiger partial charge < -0.3 is 15.2 Å². The summed E-state index contributed by atoms with van der Waals surface area (Å²) in [7, 11) is 1.89. The Kier molecular flexibility index (Phi) is 4.49. The molecule has 0 radical (unpaired) electrons. The summed E-state index contributed by atoms with van der Waals surface area (Å²) < 4.78 is 5.33. The van der Waals surface area contributed by atoms with Gasteiger partial charge in [0.1, 0.15) is 0 Å². The van der Waals surface area contributed by atoms with Gasteiger partial charge in [0.15, 0.2) is 5.82 Å². The summed E-state index contributed by atoms with van der Waals surface area (Å²) in [6, 6.07) is 5.44. The second-order valence-electron chi connectivity index (χ2n) is 5.46. The minimum absolute atomic E-state index is 0.155. The van der Waals surface area contributed by atoms with Crippen LogP contribution in [0.15, 0.2) is 22.7 Å². The maximum Gasteiger partial charge on any atom is 0.322 e. The Morgan fingerprint density at radius 1 is 1.52 bits per heavy atom. The van der Waals surface area contributed by atoms with Crippen molar-refractivity contribution in [3.8, 4) is 11.5 Å². The molecule has 23 heavy (non-hydrogen) atoms. The van der Waals surface area contributed by atoms with Crippen molar-refractivity contribution in [2.24, 2.45) is 0 Å². The highest BCUT2D eigenvalue weighted by molar-refractivity contribution is 6.34. The Bertz CT molecular complexity index is 718. The molecule has 7 nitrogen and oxygen atoms in total. The van der Waals surface area contributed by atoms with E-state index in [4.69, 9.17) is 16.1 Å². The molecule has 2 amide bonds. The molecule has 0 aliphatic carbocycles. The fourth-order valence-electron chi connectivity index (χ4n) is 2.38. The van der Waals surface area contributed by atoms with E-state index in [2.05, 4.69) is 20.8 Å². The Balaban J connectivity index is 1.87. The van der Waals surface area contributed by atoms with Crippen molar-refractivity contribution in [2.75, 3.05) is 25.0 Å². The molecular formula is C15H18ClN5O2. The van der Waals surface area contributed by atoms with E-state index in [9.17, 15) is 4.79 Å². The van der Waals surface area contributed by atoms with Crippen molar-refractivity contribution >= 4 is 23.3 Å². The number of anilines is 1. The summed E-state index contributed by atoms with van der Waals surface area (Å²) in [5.41, 5.74) is 1.38. The lowest BCUT2D eigenvalue weighted by Crippen LogP contribution is -2.27. The van der Waals surface area contributed by atoms with Crippen LogP contribution in [0.1, 0.15) is 12.7 Å². The summed E-state index contributed by atoms with van der Waals surface area (Å²) in [5.74, 6) is 1.05. The molecule has 0 spiro atoms. The van der Waals surface area contributed by atoms with E-state index in [1.807, 2.05) is 14.0 Å². The first kappa shape index (κ1) is 15.8. The van der Waals surface area contributed by atoms with Gasteiger partial charge in [-0.1, -0.05) is 16.8 Å². The zero-order valence-corrected chi connectivity index (χ0v) is 13.7. The van der Waals surface area contributed by atoms with Gasteiger partial charge in [-0.05, 0) is 32.2 Å². The molecule has 1 aromatic heterocycles. The van der Waals surface area contributed by atoms with Crippen LogP contribution >= 0.6 is 11.6 Å². The Morgan fingerprint density at radius 2 is 2.35 bits per heavy atom. The number of urea groups is 1. The van der Waals surface area contributed by atoms with Crippen molar-refractivity contribution in [3.05, 3.63) is 29.0 Å². The molecule has 1 aliphatic rings. The predicted octanol–water partition coefficient (Wildman–Crippen LogP) is 2.07. The number of nitrogens with zero attached hydrogens (tertiary/aromatic N) is 3. The summed E-state index contributed by atoms with van der Waals surface area (Å²) in [6.07, 6.45) is 0.676. The number of hydrogen-bond acceptors (Lipinski definition) is 5.